The van der Waals surface area contributed by atoms with Crippen molar-refractivity contribution in [1.29, 1.82) is 0 Å². The minimum absolute atomic E-state index is 0.0667. The monoisotopic (exact) mass is 362 g/mol. The maximum absolute atomic E-state index is 13.2. The molecule has 0 aliphatic heterocycles. The summed E-state index contributed by atoms with van der Waals surface area (Å²) >= 11 is 0. The van der Waals surface area contributed by atoms with Crippen LogP contribution >= 0.6 is 0 Å². The summed E-state index contributed by atoms with van der Waals surface area (Å²) in [5.74, 6) is 0.234. The lowest BCUT2D eigenvalue weighted by atomic mass is 10.0. The Morgan fingerprint density at radius 2 is 1.72 bits per heavy atom. The van der Waals surface area contributed by atoms with E-state index in [1.165, 1.54) is 15.9 Å². The van der Waals surface area contributed by atoms with Gasteiger partial charge in [-0.05, 0) is 24.0 Å². The second kappa shape index (κ2) is 7.97. The van der Waals surface area contributed by atoms with E-state index in [0.717, 1.165) is 5.56 Å². The fourth-order valence-electron chi connectivity index (χ4n) is 2.85. The Labute approximate surface area is 150 Å². The number of hydrogen-bond donors (Lipinski definition) is 0. The normalized spacial score (nSPS) is 13.4. The van der Waals surface area contributed by atoms with Gasteiger partial charge in [0.15, 0.2) is 0 Å². The van der Waals surface area contributed by atoms with Crippen LogP contribution in [0.5, 0.6) is 0 Å². The Bertz CT molecular complexity index is 858. The van der Waals surface area contributed by atoms with Gasteiger partial charge in [0, 0.05) is 32.4 Å². The van der Waals surface area contributed by atoms with Crippen molar-refractivity contribution in [2.45, 2.75) is 32.1 Å². The first-order valence-corrected chi connectivity index (χ1v) is 9.88. The van der Waals surface area contributed by atoms with Crippen LogP contribution in [0.15, 0.2) is 53.5 Å². The van der Waals surface area contributed by atoms with Crippen LogP contribution in [0.2, 0.25) is 0 Å². The molecule has 0 N–H and O–H groups in total. The van der Waals surface area contributed by atoms with E-state index >= 15 is 0 Å². The van der Waals surface area contributed by atoms with Crippen LogP contribution in [-0.2, 0) is 23.6 Å². The summed E-state index contributed by atoms with van der Waals surface area (Å²) in [6, 6.07) is 12.7. The average Bonchev–Trinajstić information content (AvgIpc) is 2.57. The highest BCUT2D eigenvalue weighted by atomic mass is 32.2. The van der Waals surface area contributed by atoms with Crippen LogP contribution in [0, 0.1) is 5.92 Å². The predicted octanol–water partition coefficient (Wildman–Crippen LogP) is 2.93. The molecular formula is C19H26N2O3S. The van der Waals surface area contributed by atoms with Gasteiger partial charge < -0.3 is 4.57 Å². The van der Waals surface area contributed by atoms with Crippen molar-refractivity contribution in [2.24, 2.45) is 13.0 Å². The Morgan fingerprint density at radius 3 is 2.32 bits per heavy atom. The number of aryl methyl sites for hydroxylation is 1. The van der Waals surface area contributed by atoms with E-state index < -0.39 is 15.3 Å². The van der Waals surface area contributed by atoms with Gasteiger partial charge in [-0.25, -0.2) is 8.42 Å². The van der Waals surface area contributed by atoms with Gasteiger partial charge in [-0.15, -0.1) is 0 Å². The van der Waals surface area contributed by atoms with Crippen molar-refractivity contribution in [3.8, 4) is 0 Å². The summed E-state index contributed by atoms with van der Waals surface area (Å²) in [5, 5.41) is -0.619. The predicted molar refractivity (Wildman–Crippen MR) is 101 cm³/mol. The molecule has 1 atom stereocenters. The van der Waals surface area contributed by atoms with E-state index in [-0.39, 0.29) is 18.0 Å². The van der Waals surface area contributed by atoms with Crippen LogP contribution < -0.4 is 5.56 Å². The van der Waals surface area contributed by atoms with Crippen LogP contribution in [-0.4, -0.2) is 24.3 Å². The molecule has 0 bridgehead atoms. The van der Waals surface area contributed by atoms with Crippen LogP contribution in [0.3, 0.4) is 0 Å². The molecule has 0 saturated carbocycles. The van der Waals surface area contributed by atoms with E-state index in [4.69, 9.17) is 0 Å². The van der Waals surface area contributed by atoms with E-state index in [0.29, 0.717) is 12.0 Å². The molecule has 0 fully saturated rings. The number of hydrogen-bond acceptors (Lipinski definition) is 3. The van der Waals surface area contributed by atoms with E-state index in [2.05, 4.69) is 0 Å². The summed E-state index contributed by atoms with van der Waals surface area (Å²) in [4.78, 5) is 12.2. The number of nitrogens with zero attached hydrogens (tertiary/aromatic N) is 2. The highest BCUT2D eigenvalue weighted by Crippen LogP contribution is 2.31. The van der Waals surface area contributed by atoms with Crippen molar-refractivity contribution in [3.63, 3.8) is 0 Å². The van der Waals surface area contributed by atoms with Crippen molar-refractivity contribution in [1.82, 2.24) is 8.87 Å². The third kappa shape index (κ3) is 4.58. The molecule has 0 spiro atoms. The average molecular weight is 362 g/mol. The number of pyridine rings is 1. The molecule has 0 aliphatic rings. The maximum Gasteiger partial charge on any atom is 0.254 e. The maximum atomic E-state index is 13.2. The molecule has 2 rings (SSSR count). The number of sulfonamides is 1. The zero-order valence-corrected chi connectivity index (χ0v) is 16.0. The van der Waals surface area contributed by atoms with Gasteiger partial charge in [0.2, 0.25) is 10.0 Å². The number of rotatable bonds is 7. The number of benzene rings is 1. The van der Waals surface area contributed by atoms with Crippen LogP contribution in [0.4, 0.5) is 0 Å². The summed E-state index contributed by atoms with van der Waals surface area (Å²) in [6.07, 6.45) is 2.19. The molecule has 2 aromatic rings. The van der Waals surface area contributed by atoms with Gasteiger partial charge in [0.1, 0.15) is 5.25 Å². The third-order valence-electron chi connectivity index (χ3n) is 4.25. The fraction of sp³-hybridized carbons (Fsp3) is 0.421. The molecule has 0 saturated heterocycles. The lowest BCUT2D eigenvalue weighted by molar-refractivity contribution is 0.439. The second-order valence-electron chi connectivity index (χ2n) is 6.78. The SMILES string of the molecule is CC(C)CC(c1ccccc1)S(=O)(=O)N(C)Cc1cccn(C)c1=O. The van der Waals surface area contributed by atoms with Crippen molar-refractivity contribution in [2.75, 3.05) is 7.05 Å². The minimum atomic E-state index is -3.59. The molecule has 1 aromatic heterocycles. The minimum Gasteiger partial charge on any atom is -0.318 e. The van der Waals surface area contributed by atoms with Gasteiger partial charge in [-0.3, -0.25) is 4.79 Å². The molecule has 1 unspecified atom stereocenters. The molecule has 136 valence electrons. The van der Waals surface area contributed by atoms with E-state index in [1.807, 2.05) is 44.2 Å². The smallest absolute Gasteiger partial charge is 0.254 e. The molecular weight excluding hydrogens is 336 g/mol. The van der Waals surface area contributed by atoms with Gasteiger partial charge in [0.05, 0.1) is 0 Å². The quantitative estimate of drug-likeness (QED) is 0.761. The van der Waals surface area contributed by atoms with E-state index in [1.54, 1.807) is 25.4 Å². The first-order chi connectivity index (χ1) is 11.7. The highest BCUT2D eigenvalue weighted by molar-refractivity contribution is 7.89. The third-order valence-corrected chi connectivity index (χ3v) is 6.43. The topological polar surface area (TPSA) is 59.4 Å². The molecule has 1 aromatic carbocycles. The zero-order valence-electron chi connectivity index (χ0n) is 15.2. The summed E-state index contributed by atoms with van der Waals surface area (Å²) < 4.78 is 29.1. The molecule has 1 heterocycles. The van der Waals surface area contributed by atoms with Gasteiger partial charge in [-0.1, -0.05) is 50.2 Å². The second-order valence-corrected chi connectivity index (χ2v) is 9.00. The lowest BCUT2D eigenvalue weighted by Crippen LogP contribution is -2.34. The van der Waals surface area contributed by atoms with Crippen molar-refractivity contribution < 1.29 is 8.42 Å². The fourth-order valence-corrected chi connectivity index (χ4v) is 4.73. The number of aromatic nitrogens is 1. The lowest BCUT2D eigenvalue weighted by Gasteiger charge is -2.26. The molecule has 5 nitrogen and oxygen atoms in total. The molecule has 6 heteroatoms. The summed E-state index contributed by atoms with van der Waals surface area (Å²) in [5.41, 5.74) is 1.07. The first-order valence-electron chi connectivity index (χ1n) is 8.38. The Balaban J connectivity index is 2.35. The Morgan fingerprint density at radius 1 is 1.08 bits per heavy atom. The van der Waals surface area contributed by atoms with Crippen LogP contribution in [0.1, 0.15) is 36.6 Å². The first kappa shape index (κ1) is 19.4. The van der Waals surface area contributed by atoms with Crippen molar-refractivity contribution in [3.05, 3.63) is 70.1 Å². The summed E-state index contributed by atoms with van der Waals surface area (Å²) in [7, 11) is -0.393. The summed E-state index contributed by atoms with van der Waals surface area (Å²) in [6.45, 7) is 4.09. The molecule has 0 aliphatic carbocycles. The largest absolute Gasteiger partial charge is 0.318 e. The standard InChI is InChI=1S/C19H26N2O3S/c1-15(2)13-18(16-9-6-5-7-10-16)25(23,24)21(4)14-17-11-8-12-20(3)19(17)22/h5-12,15,18H,13-14H2,1-4H3. The highest BCUT2D eigenvalue weighted by Gasteiger charge is 2.32. The van der Waals surface area contributed by atoms with Crippen molar-refractivity contribution >= 4 is 10.0 Å². The zero-order chi connectivity index (χ0) is 18.6. The van der Waals surface area contributed by atoms with Gasteiger partial charge >= 0.3 is 0 Å². The Hall–Kier alpha value is -1.92. The molecule has 0 amide bonds. The van der Waals surface area contributed by atoms with E-state index in [9.17, 15) is 13.2 Å². The van der Waals surface area contributed by atoms with Gasteiger partial charge in [0.25, 0.3) is 5.56 Å². The molecule has 25 heavy (non-hydrogen) atoms. The van der Waals surface area contributed by atoms with Gasteiger partial charge in [-0.2, -0.15) is 4.31 Å². The Kier molecular flexibility index (Phi) is 6.19. The van der Waals surface area contributed by atoms with Crippen LogP contribution in [0.25, 0.3) is 0 Å². The molecule has 0 radical (unpaired) electrons.